The van der Waals surface area contributed by atoms with Gasteiger partial charge in [0.25, 0.3) is 5.56 Å². The molecule has 0 N–H and O–H groups in total. The van der Waals surface area contributed by atoms with Crippen LogP contribution in [0.2, 0.25) is 5.02 Å². The first kappa shape index (κ1) is 20.3. The first-order valence-electron chi connectivity index (χ1n) is 9.21. The summed E-state index contributed by atoms with van der Waals surface area (Å²) in [6.45, 7) is 4.02. The fourth-order valence-corrected chi connectivity index (χ4v) is 5.42. The van der Waals surface area contributed by atoms with E-state index in [0.29, 0.717) is 15.7 Å². The van der Waals surface area contributed by atoms with Crippen molar-refractivity contribution in [3.05, 3.63) is 80.2 Å². The summed E-state index contributed by atoms with van der Waals surface area (Å²) in [6, 6.07) is 12.9. The zero-order chi connectivity index (χ0) is 20.5. The van der Waals surface area contributed by atoms with Crippen LogP contribution in [0.25, 0.3) is 5.69 Å². The van der Waals surface area contributed by atoms with Gasteiger partial charge in [-0.1, -0.05) is 29.4 Å². The van der Waals surface area contributed by atoms with Gasteiger partial charge in [-0.3, -0.25) is 14.2 Å². The Morgan fingerprint density at radius 1 is 1.17 bits per heavy atom. The second-order valence-corrected chi connectivity index (χ2v) is 9.46. The Hall–Kier alpha value is -2.02. The standard InChI is InChI=1S/C22H19ClN2O2S2/c1-13-9-14(2)11-17(10-13)25-21(27)20-18(7-8-28-20)24-22(25)29-12-19(26)15-3-5-16(23)6-4-15/h3-6,9-11H,7-8,12H2,1-2H3. The lowest BCUT2D eigenvalue weighted by molar-refractivity contribution is 0.102. The quantitative estimate of drug-likeness (QED) is 0.311. The molecule has 4 nitrogen and oxygen atoms in total. The minimum absolute atomic E-state index is 0.0252. The topological polar surface area (TPSA) is 52.0 Å². The minimum Gasteiger partial charge on any atom is -0.293 e. The first-order chi connectivity index (χ1) is 13.9. The molecule has 2 aromatic carbocycles. The monoisotopic (exact) mass is 442 g/mol. The van der Waals surface area contributed by atoms with Crippen molar-refractivity contribution in [3.8, 4) is 5.69 Å². The van der Waals surface area contributed by atoms with Crippen molar-refractivity contribution >= 4 is 40.9 Å². The fraction of sp³-hybridized carbons (Fsp3) is 0.227. The number of carbonyl (C=O) groups excluding carboxylic acids is 1. The van der Waals surface area contributed by atoms with E-state index in [-0.39, 0.29) is 17.1 Å². The molecule has 0 spiro atoms. The molecule has 0 bridgehead atoms. The summed E-state index contributed by atoms with van der Waals surface area (Å²) in [6.07, 6.45) is 0.779. The summed E-state index contributed by atoms with van der Waals surface area (Å²) in [5, 5.41) is 1.15. The third-order valence-electron chi connectivity index (χ3n) is 4.63. The van der Waals surface area contributed by atoms with Crippen LogP contribution >= 0.6 is 35.1 Å². The second kappa shape index (κ2) is 8.38. The van der Waals surface area contributed by atoms with Gasteiger partial charge in [-0.25, -0.2) is 4.98 Å². The third kappa shape index (κ3) is 4.29. The summed E-state index contributed by atoms with van der Waals surface area (Å²) >= 11 is 8.77. The molecule has 0 radical (unpaired) electrons. The van der Waals surface area contributed by atoms with Crippen LogP contribution in [0.15, 0.2) is 57.3 Å². The summed E-state index contributed by atoms with van der Waals surface area (Å²) in [5.74, 6) is 1.04. The number of benzene rings is 2. The maximum absolute atomic E-state index is 13.2. The maximum Gasteiger partial charge on any atom is 0.272 e. The Labute approximate surface area is 182 Å². The first-order valence-corrected chi connectivity index (χ1v) is 11.6. The van der Waals surface area contributed by atoms with Crippen molar-refractivity contribution in [2.24, 2.45) is 0 Å². The van der Waals surface area contributed by atoms with E-state index >= 15 is 0 Å². The van der Waals surface area contributed by atoms with E-state index < -0.39 is 0 Å². The number of hydrogen-bond acceptors (Lipinski definition) is 5. The van der Waals surface area contributed by atoms with Crippen LogP contribution in [0.3, 0.4) is 0 Å². The number of carbonyl (C=O) groups is 1. The van der Waals surface area contributed by atoms with Crippen molar-refractivity contribution in [2.45, 2.75) is 30.3 Å². The van der Waals surface area contributed by atoms with E-state index in [1.165, 1.54) is 11.8 Å². The van der Waals surface area contributed by atoms with Crippen molar-refractivity contribution in [1.82, 2.24) is 9.55 Å². The summed E-state index contributed by atoms with van der Waals surface area (Å²) in [7, 11) is 0. The largest absolute Gasteiger partial charge is 0.293 e. The average Bonchev–Trinajstić information content (AvgIpc) is 3.15. The van der Waals surface area contributed by atoms with Crippen molar-refractivity contribution in [2.75, 3.05) is 11.5 Å². The molecule has 0 unspecified atom stereocenters. The molecule has 1 aromatic heterocycles. The fourth-order valence-electron chi connectivity index (χ4n) is 3.35. The van der Waals surface area contributed by atoms with Gasteiger partial charge < -0.3 is 0 Å². The van der Waals surface area contributed by atoms with Gasteiger partial charge in [0.05, 0.1) is 22.0 Å². The van der Waals surface area contributed by atoms with Crippen LogP contribution in [-0.4, -0.2) is 26.8 Å². The molecule has 0 saturated carbocycles. The van der Waals surface area contributed by atoms with Gasteiger partial charge in [0.2, 0.25) is 0 Å². The predicted molar refractivity (Wildman–Crippen MR) is 120 cm³/mol. The lowest BCUT2D eigenvalue weighted by atomic mass is 10.1. The number of thioether (sulfide) groups is 2. The highest BCUT2D eigenvalue weighted by Crippen LogP contribution is 2.30. The molecule has 0 aliphatic carbocycles. The molecule has 29 heavy (non-hydrogen) atoms. The van der Waals surface area contributed by atoms with Gasteiger partial charge >= 0.3 is 0 Å². The lowest BCUT2D eigenvalue weighted by Gasteiger charge is -2.15. The highest BCUT2D eigenvalue weighted by molar-refractivity contribution is 8.00. The zero-order valence-corrected chi connectivity index (χ0v) is 18.5. The predicted octanol–water partition coefficient (Wildman–Crippen LogP) is 5.13. The number of aryl methyl sites for hydroxylation is 3. The zero-order valence-electron chi connectivity index (χ0n) is 16.1. The lowest BCUT2D eigenvalue weighted by Crippen LogP contribution is -2.24. The van der Waals surface area contributed by atoms with Gasteiger partial charge in [0.15, 0.2) is 10.9 Å². The molecule has 0 atom stereocenters. The molecule has 1 aliphatic rings. The Kier molecular flexibility index (Phi) is 5.86. The average molecular weight is 443 g/mol. The minimum atomic E-state index is -0.0519. The van der Waals surface area contributed by atoms with Gasteiger partial charge in [0, 0.05) is 22.8 Å². The van der Waals surface area contributed by atoms with E-state index in [2.05, 4.69) is 6.07 Å². The van der Waals surface area contributed by atoms with Gasteiger partial charge in [-0.15, -0.1) is 11.8 Å². The number of rotatable bonds is 5. The SMILES string of the molecule is Cc1cc(C)cc(-n2c(SCC(=O)c3ccc(Cl)cc3)nc3c(c2=O)SCC3)c1. The van der Waals surface area contributed by atoms with Crippen molar-refractivity contribution in [1.29, 1.82) is 0 Å². The number of fused-ring (bicyclic) bond motifs is 1. The molecule has 3 aromatic rings. The van der Waals surface area contributed by atoms with Gasteiger partial charge in [0.1, 0.15) is 0 Å². The van der Waals surface area contributed by atoms with Gasteiger partial charge in [-0.05, 0) is 61.4 Å². The Bertz CT molecular complexity index is 1140. The van der Waals surface area contributed by atoms with Crippen molar-refractivity contribution < 1.29 is 4.79 Å². The van der Waals surface area contributed by atoms with Crippen molar-refractivity contribution in [3.63, 3.8) is 0 Å². The van der Waals surface area contributed by atoms with Crippen LogP contribution in [0.4, 0.5) is 0 Å². The molecule has 4 rings (SSSR count). The summed E-state index contributed by atoms with van der Waals surface area (Å²) in [5.41, 5.74) is 4.32. The smallest absolute Gasteiger partial charge is 0.272 e. The van der Waals surface area contributed by atoms with Gasteiger partial charge in [-0.2, -0.15) is 0 Å². The highest BCUT2D eigenvalue weighted by atomic mass is 35.5. The number of aromatic nitrogens is 2. The summed E-state index contributed by atoms with van der Waals surface area (Å²) in [4.78, 5) is 31.3. The van der Waals surface area contributed by atoms with Crippen LogP contribution < -0.4 is 5.56 Å². The molecule has 0 fully saturated rings. The van der Waals surface area contributed by atoms with Crippen LogP contribution in [0.1, 0.15) is 27.2 Å². The molecule has 0 amide bonds. The molecule has 0 saturated heterocycles. The molecule has 148 valence electrons. The molecular formula is C22H19ClN2O2S2. The number of Topliss-reactive ketones (excluding diaryl/α,β-unsaturated/α-hetero) is 1. The summed E-state index contributed by atoms with van der Waals surface area (Å²) < 4.78 is 1.65. The van der Waals surface area contributed by atoms with Crippen LogP contribution in [0, 0.1) is 13.8 Å². The highest BCUT2D eigenvalue weighted by Gasteiger charge is 2.23. The number of nitrogens with zero attached hydrogens (tertiary/aromatic N) is 2. The Morgan fingerprint density at radius 3 is 2.55 bits per heavy atom. The molecule has 7 heteroatoms. The normalized spacial score (nSPS) is 12.8. The van der Waals surface area contributed by atoms with E-state index in [1.807, 2.05) is 26.0 Å². The number of ketones is 1. The van der Waals surface area contributed by atoms with E-state index in [4.69, 9.17) is 16.6 Å². The molecular weight excluding hydrogens is 424 g/mol. The molecule has 2 heterocycles. The number of hydrogen-bond donors (Lipinski definition) is 0. The Balaban J connectivity index is 1.72. The van der Waals surface area contributed by atoms with Crippen LogP contribution in [0.5, 0.6) is 0 Å². The second-order valence-electron chi connectivity index (χ2n) is 6.97. The molecule has 1 aliphatic heterocycles. The van der Waals surface area contributed by atoms with E-state index in [0.717, 1.165) is 39.6 Å². The van der Waals surface area contributed by atoms with Crippen LogP contribution in [-0.2, 0) is 6.42 Å². The van der Waals surface area contributed by atoms with E-state index in [1.54, 1.807) is 40.6 Å². The van der Waals surface area contributed by atoms with E-state index in [9.17, 15) is 9.59 Å². The Morgan fingerprint density at radius 2 is 1.86 bits per heavy atom. The maximum atomic E-state index is 13.2. The third-order valence-corrected chi connectivity index (χ3v) is 6.93. The number of halogens is 1.